The van der Waals surface area contributed by atoms with E-state index in [0.717, 1.165) is 31.5 Å². The molecular formula is C22H28N2O3. The monoisotopic (exact) mass is 368 g/mol. The van der Waals surface area contributed by atoms with Crippen molar-refractivity contribution in [2.24, 2.45) is 22.2 Å². The summed E-state index contributed by atoms with van der Waals surface area (Å²) in [5.41, 5.74) is 0.502. The highest BCUT2D eigenvalue weighted by atomic mass is 16.2. The number of nitrogens with zero attached hydrogens (tertiary/aromatic N) is 2. The van der Waals surface area contributed by atoms with Crippen molar-refractivity contribution in [3.05, 3.63) is 35.9 Å². The van der Waals surface area contributed by atoms with Gasteiger partial charge in [-0.15, -0.1) is 0 Å². The summed E-state index contributed by atoms with van der Waals surface area (Å²) >= 11 is 0. The molecular weight excluding hydrogens is 340 g/mol. The van der Waals surface area contributed by atoms with Gasteiger partial charge in [0, 0.05) is 44.3 Å². The molecule has 144 valence electrons. The minimum absolute atomic E-state index is 0.0109. The molecule has 1 saturated heterocycles. The van der Waals surface area contributed by atoms with Gasteiger partial charge in [-0.1, -0.05) is 32.0 Å². The molecule has 5 heteroatoms. The molecule has 0 aromatic heterocycles. The number of carbonyl (C=O) groups is 3. The van der Waals surface area contributed by atoms with Gasteiger partial charge in [0.15, 0.2) is 0 Å². The van der Waals surface area contributed by atoms with E-state index >= 15 is 0 Å². The minimum atomic E-state index is -0.655. The third kappa shape index (κ3) is 4.90. The molecule has 0 radical (unpaired) electrons. The minimum Gasteiger partial charge on any atom is -0.339 e. The number of amides is 1. The van der Waals surface area contributed by atoms with Crippen molar-refractivity contribution < 1.29 is 14.4 Å². The van der Waals surface area contributed by atoms with E-state index in [2.05, 4.69) is 4.99 Å². The lowest BCUT2D eigenvalue weighted by Gasteiger charge is -2.32. The maximum Gasteiger partial charge on any atom is 0.253 e. The molecule has 27 heavy (non-hydrogen) atoms. The Bertz CT molecular complexity index is 711. The van der Waals surface area contributed by atoms with Gasteiger partial charge in [0.05, 0.1) is 0 Å². The largest absolute Gasteiger partial charge is 0.339 e. The first kappa shape index (κ1) is 19.5. The van der Waals surface area contributed by atoms with Crippen LogP contribution in [-0.2, 0) is 9.59 Å². The van der Waals surface area contributed by atoms with E-state index in [-0.39, 0.29) is 22.9 Å². The number of aliphatic imine (C=N–C) groups is 1. The number of likely N-dealkylation sites (tertiary alicyclic amines) is 1. The van der Waals surface area contributed by atoms with E-state index in [4.69, 9.17) is 0 Å². The zero-order valence-corrected chi connectivity index (χ0v) is 16.2. The summed E-state index contributed by atoms with van der Waals surface area (Å²) in [6.45, 7) is 5.99. The van der Waals surface area contributed by atoms with Crippen LogP contribution >= 0.6 is 0 Å². The summed E-state index contributed by atoms with van der Waals surface area (Å²) in [4.78, 5) is 43.2. The molecule has 0 spiro atoms. The highest BCUT2D eigenvalue weighted by Crippen LogP contribution is 2.33. The van der Waals surface area contributed by atoms with Gasteiger partial charge in [0.2, 0.25) is 0 Å². The standard InChI is InChI=1S/C22H28N2O3/c1-22(2)12-19(25)18(20(26)13-22)15-23-14-16-8-10-24(11-9-16)21(27)17-6-4-3-5-7-17/h3-7,15-16,18H,8-14H2,1-2H3. The second-order valence-corrected chi connectivity index (χ2v) is 8.54. The van der Waals surface area contributed by atoms with Crippen molar-refractivity contribution in [2.75, 3.05) is 19.6 Å². The maximum atomic E-state index is 12.5. The van der Waals surface area contributed by atoms with E-state index in [1.54, 1.807) is 6.21 Å². The number of Topliss-reactive ketones (excluding diaryl/α,β-unsaturated/α-hetero) is 2. The Balaban J connectivity index is 1.47. The smallest absolute Gasteiger partial charge is 0.253 e. The van der Waals surface area contributed by atoms with Gasteiger partial charge >= 0.3 is 0 Å². The Morgan fingerprint density at radius 2 is 1.70 bits per heavy atom. The van der Waals surface area contributed by atoms with Gasteiger partial charge in [-0.3, -0.25) is 19.4 Å². The number of benzene rings is 1. The van der Waals surface area contributed by atoms with Crippen LogP contribution in [-0.4, -0.2) is 48.2 Å². The highest BCUT2D eigenvalue weighted by molar-refractivity contribution is 6.16. The molecule has 1 heterocycles. The number of hydrogen-bond acceptors (Lipinski definition) is 4. The van der Waals surface area contributed by atoms with Crippen LogP contribution in [0.5, 0.6) is 0 Å². The van der Waals surface area contributed by atoms with E-state index in [9.17, 15) is 14.4 Å². The second-order valence-electron chi connectivity index (χ2n) is 8.54. The van der Waals surface area contributed by atoms with Crippen molar-refractivity contribution in [1.29, 1.82) is 0 Å². The summed E-state index contributed by atoms with van der Waals surface area (Å²) in [7, 11) is 0. The Kier molecular flexibility index (Phi) is 5.88. The average Bonchev–Trinajstić information content (AvgIpc) is 2.64. The molecule has 5 nitrogen and oxygen atoms in total. The SMILES string of the molecule is CC1(C)CC(=O)C(C=NCC2CCN(C(=O)c3ccccc3)CC2)C(=O)C1. The number of rotatable bonds is 4. The third-order valence-electron chi connectivity index (χ3n) is 5.54. The molecule has 1 saturated carbocycles. The topological polar surface area (TPSA) is 66.8 Å². The molecule has 0 unspecified atom stereocenters. The van der Waals surface area contributed by atoms with Crippen LogP contribution in [0.4, 0.5) is 0 Å². The first-order valence-electron chi connectivity index (χ1n) is 9.75. The lowest BCUT2D eigenvalue weighted by Crippen LogP contribution is -2.39. The van der Waals surface area contributed by atoms with Gasteiger partial charge in [-0.2, -0.15) is 0 Å². The number of piperidine rings is 1. The molecule has 1 aliphatic carbocycles. The fourth-order valence-corrected chi connectivity index (χ4v) is 3.97. The number of ketones is 2. The zero-order valence-electron chi connectivity index (χ0n) is 16.2. The fourth-order valence-electron chi connectivity index (χ4n) is 3.97. The zero-order chi connectivity index (χ0) is 19.4. The van der Waals surface area contributed by atoms with E-state index in [1.165, 1.54) is 0 Å². The Morgan fingerprint density at radius 1 is 1.11 bits per heavy atom. The summed E-state index contributed by atoms with van der Waals surface area (Å²) < 4.78 is 0. The molecule has 2 fully saturated rings. The average molecular weight is 368 g/mol. The van der Waals surface area contributed by atoms with Crippen molar-refractivity contribution in [2.45, 2.75) is 39.5 Å². The summed E-state index contributed by atoms with van der Waals surface area (Å²) in [6, 6.07) is 9.35. The summed E-state index contributed by atoms with van der Waals surface area (Å²) in [6.07, 6.45) is 4.25. The van der Waals surface area contributed by atoms with Crippen LogP contribution in [0.25, 0.3) is 0 Å². The molecule has 1 amide bonds. The molecule has 3 rings (SSSR count). The quantitative estimate of drug-likeness (QED) is 0.605. The first-order valence-corrected chi connectivity index (χ1v) is 9.75. The van der Waals surface area contributed by atoms with Gasteiger partial charge < -0.3 is 4.90 Å². The van der Waals surface area contributed by atoms with Crippen LogP contribution in [0.1, 0.15) is 49.9 Å². The van der Waals surface area contributed by atoms with Crippen molar-refractivity contribution in [1.82, 2.24) is 4.90 Å². The lowest BCUT2D eigenvalue weighted by atomic mass is 9.72. The predicted molar refractivity (Wildman–Crippen MR) is 105 cm³/mol. The van der Waals surface area contributed by atoms with Crippen molar-refractivity contribution in [3.8, 4) is 0 Å². The van der Waals surface area contributed by atoms with E-state index in [1.807, 2.05) is 49.1 Å². The van der Waals surface area contributed by atoms with Crippen molar-refractivity contribution >= 4 is 23.7 Å². The van der Waals surface area contributed by atoms with Crippen LogP contribution < -0.4 is 0 Å². The second kappa shape index (κ2) is 8.15. The third-order valence-corrected chi connectivity index (χ3v) is 5.54. The summed E-state index contributed by atoms with van der Waals surface area (Å²) in [5, 5.41) is 0. The van der Waals surface area contributed by atoms with Crippen molar-refractivity contribution in [3.63, 3.8) is 0 Å². The summed E-state index contributed by atoms with van der Waals surface area (Å²) in [5.74, 6) is -0.200. The van der Waals surface area contributed by atoms with Gasteiger partial charge in [0.25, 0.3) is 5.91 Å². The number of carbonyl (C=O) groups excluding carboxylic acids is 3. The van der Waals surface area contributed by atoms with Gasteiger partial charge in [0.1, 0.15) is 17.5 Å². The first-order chi connectivity index (χ1) is 12.9. The molecule has 0 atom stereocenters. The molecule has 1 aliphatic heterocycles. The maximum absolute atomic E-state index is 12.5. The Morgan fingerprint density at radius 3 is 2.30 bits per heavy atom. The van der Waals surface area contributed by atoms with Crippen LogP contribution in [0.15, 0.2) is 35.3 Å². The van der Waals surface area contributed by atoms with Crippen LogP contribution in [0, 0.1) is 17.3 Å². The molecule has 2 aliphatic rings. The Labute approximate surface area is 160 Å². The van der Waals surface area contributed by atoms with Gasteiger partial charge in [-0.25, -0.2) is 0 Å². The molecule has 1 aromatic rings. The van der Waals surface area contributed by atoms with E-state index < -0.39 is 5.92 Å². The molecule has 1 aromatic carbocycles. The van der Waals surface area contributed by atoms with Gasteiger partial charge in [-0.05, 0) is 36.3 Å². The van der Waals surface area contributed by atoms with Crippen LogP contribution in [0.2, 0.25) is 0 Å². The fraction of sp³-hybridized carbons (Fsp3) is 0.545. The Hall–Kier alpha value is -2.30. The van der Waals surface area contributed by atoms with E-state index in [0.29, 0.717) is 25.3 Å². The normalized spacial score (nSPS) is 21.8. The molecule has 0 bridgehead atoms. The lowest BCUT2D eigenvalue weighted by molar-refractivity contribution is -0.136. The van der Waals surface area contributed by atoms with Crippen LogP contribution in [0.3, 0.4) is 0 Å². The number of hydrogen-bond donors (Lipinski definition) is 0. The predicted octanol–water partition coefficient (Wildman–Crippen LogP) is 3.18. The molecule has 0 N–H and O–H groups in total. The highest BCUT2D eigenvalue weighted by Gasteiger charge is 2.38.